The number of benzene rings is 2. The quantitative estimate of drug-likeness (QED) is 0.472. The molecule has 154 valence electrons. The maximum Gasteiger partial charge on any atom is 0.115 e. The average molecular weight is 399 g/mol. The third kappa shape index (κ3) is 3.40. The number of rotatable bonds is 3. The molecule has 0 aromatic heterocycles. The molecule has 0 bridgehead atoms. The summed E-state index contributed by atoms with van der Waals surface area (Å²) in [5.74, 6) is 2.48. The van der Waals surface area contributed by atoms with Crippen LogP contribution < -0.4 is 0 Å². The molecule has 4 atom stereocenters. The lowest BCUT2D eigenvalue weighted by Crippen LogP contribution is -2.42. The van der Waals surface area contributed by atoms with E-state index in [2.05, 4.69) is 36.3 Å². The van der Waals surface area contributed by atoms with E-state index in [1.807, 2.05) is 42.6 Å². The molecule has 3 aliphatic carbocycles. The molecule has 0 spiro atoms. The van der Waals surface area contributed by atoms with Crippen molar-refractivity contribution in [3.63, 3.8) is 0 Å². The first kappa shape index (κ1) is 19.3. The van der Waals surface area contributed by atoms with Crippen molar-refractivity contribution in [2.24, 2.45) is 27.5 Å². The van der Waals surface area contributed by atoms with Crippen LogP contribution in [0, 0.1) is 17.3 Å². The van der Waals surface area contributed by atoms with E-state index in [0.717, 1.165) is 18.8 Å². The molecule has 0 aliphatic heterocycles. The van der Waals surface area contributed by atoms with Gasteiger partial charge in [0.15, 0.2) is 0 Å². The molecule has 3 heteroatoms. The van der Waals surface area contributed by atoms with Gasteiger partial charge in [0, 0.05) is 17.3 Å². The first-order chi connectivity index (χ1) is 14.6. The molecule has 0 saturated heterocycles. The highest BCUT2D eigenvalue weighted by Crippen LogP contribution is 2.60. The minimum Gasteiger partial charge on any atom is -0.508 e. The van der Waals surface area contributed by atoms with Crippen molar-refractivity contribution in [2.75, 3.05) is 0 Å². The number of nitrogens with zero attached hydrogens (tertiary/aromatic N) is 2. The van der Waals surface area contributed by atoms with Gasteiger partial charge in [-0.3, -0.25) is 0 Å². The second-order valence-electron chi connectivity index (χ2n) is 9.37. The fourth-order valence-electron chi connectivity index (χ4n) is 6.38. The zero-order chi connectivity index (χ0) is 20.6. The van der Waals surface area contributed by atoms with Crippen LogP contribution in [0.5, 0.6) is 5.75 Å². The number of aromatic hydroxyl groups is 1. The molecule has 3 nitrogen and oxygen atoms in total. The van der Waals surface area contributed by atoms with Crippen LogP contribution in [0.15, 0.2) is 64.8 Å². The third-order valence-electron chi connectivity index (χ3n) is 7.87. The molecule has 0 radical (unpaired) electrons. The number of fused-ring (bicyclic) bond motifs is 5. The molecular formula is C27H30N2O. The highest BCUT2D eigenvalue weighted by Gasteiger charge is 2.53. The smallest absolute Gasteiger partial charge is 0.115 e. The minimum absolute atomic E-state index is 0.191. The molecule has 30 heavy (non-hydrogen) atoms. The van der Waals surface area contributed by atoms with Crippen LogP contribution in [-0.2, 0) is 6.42 Å². The van der Waals surface area contributed by atoms with Gasteiger partial charge in [0.1, 0.15) is 5.75 Å². The molecule has 2 aromatic rings. The minimum atomic E-state index is 0.191. The molecule has 2 saturated carbocycles. The van der Waals surface area contributed by atoms with Gasteiger partial charge in [0.2, 0.25) is 0 Å². The predicted octanol–water partition coefficient (Wildman–Crippen LogP) is 6.39. The standard InChI is InChI=1S/C27H30N2O/c1-27-16-15-23-22-12-10-21(30)18-20(22)9-11-24(23)25(27)13-14-26(27)29-28-17-5-8-19-6-3-2-4-7-19/h2-8,10,12,17-18,23-25,30H,9,11,13-16H2,1H3/b8-5-,28-17+,29-26+. The Kier molecular flexibility index (Phi) is 5.06. The van der Waals surface area contributed by atoms with E-state index in [1.165, 1.54) is 48.1 Å². The lowest BCUT2D eigenvalue weighted by atomic mass is 9.55. The molecule has 5 rings (SSSR count). The van der Waals surface area contributed by atoms with Gasteiger partial charge < -0.3 is 5.11 Å². The van der Waals surface area contributed by atoms with Gasteiger partial charge in [-0.15, -0.1) is 0 Å². The SMILES string of the molecule is CC12CCC3c4ccc(O)cc4CCC3C1CC\C2=N/N=C/C=C\c1ccccc1. The summed E-state index contributed by atoms with van der Waals surface area (Å²) in [6.45, 7) is 2.43. The van der Waals surface area contributed by atoms with Crippen molar-refractivity contribution < 1.29 is 5.11 Å². The predicted molar refractivity (Wildman–Crippen MR) is 124 cm³/mol. The van der Waals surface area contributed by atoms with E-state index in [9.17, 15) is 5.11 Å². The lowest BCUT2D eigenvalue weighted by molar-refractivity contribution is 0.0955. The fourth-order valence-corrected chi connectivity index (χ4v) is 6.38. The number of aryl methyl sites for hydroxylation is 1. The maximum atomic E-state index is 9.86. The third-order valence-corrected chi connectivity index (χ3v) is 7.87. The van der Waals surface area contributed by atoms with E-state index >= 15 is 0 Å². The maximum absolute atomic E-state index is 9.86. The first-order valence-corrected chi connectivity index (χ1v) is 11.3. The Labute approximate surface area is 179 Å². The van der Waals surface area contributed by atoms with Crippen LogP contribution in [0.1, 0.15) is 61.6 Å². The van der Waals surface area contributed by atoms with Crippen molar-refractivity contribution in [1.82, 2.24) is 0 Å². The van der Waals surface area contributed by atoms with Gasteiger partial charge in [0.25, 0.3) is 0 Å². The second-order valence-corrected chi connectivity index (χ2v) is 9.37. The zero-order valence-electron chi connectivity index (χ0n) is 17.7. The van der Waals surface area contributed by atoms with E-state index < -0.39 is 0 Å². The summed E-state index contributed by atoms with van der Waals surface area (Å²) >= 11 is 0. The van der Waals surface area contributed by atoms with E-state index in [0.29, 0.717) is 17.6 Å². The van der Waals surface area contributed by atoms with Gasteiger partial charge in [0.05, 0.1) is 0 Å². The van der Waals surface area contributed by atoms with E-state index in [1.54, 1.807) is 0 Å². The number of allylic oxidation sites excluding steroid dienone is 1. The van der Waals surface area contributed by atoms with Crippen molar-refractivity contribution in [3.05, 3.63) is 71.3 Å². The van der Waals surface area contributed by atoms with Gasteiger partial charge >= 0.3 is 0 Å². The van der Waals surface area contributed by atoms with E-state index in [4.69, 9.17) is 5.10 Å². The van der Waals surface area contributed by atoms with Crippen molar-refractivity contribution >= 4 is 18.0 Å². The summed E-state index contributed by atoms with van der Waals surface area (Å²) in [4.78, 5) is 0. The molecule has 0 amide bonds. The molecule has 0 heterocycles. The Bertz CT molecular complexity index is 1010. The highest BCUT2D eigenvalue weighted by molar-refractivity contribution is 5.93. The van der Waals surface area contributed by atoms with Crippen molar-refractivity contribution in [2.45, 2.75) is 51.4 Å². The number of phenolic OH excluding ortho intramolecular Hbond substituents is 1. The number of hydrogen-bond donors (Lipinski definition) is 1. The molecular weight excluding hydrogens is 368 g/mol. The molecule has 3 aliphatic rings. The van der Waals surface area contributed by atoms with E-state index in [-0.39, 0.29) is 5.41 Å². The Hall–Kier alpha value is -2.68. The van der Waals surface area contributed by atoms with Crippen LogP contribution in [-0.4, -0.2) is 17.0 Å². The monoisotopic (exact) mass is 398 g/mol. The first-order valence-electron chi connectivity index (χ1n) is 11.3. The Morgan fingerprint density at radius 2 is 1.90 bits per heavy atom. The van der Waals surface area contributed by atoms with Gasteiger partial charge in [-0.05, 0) is 91.2 Å². The summed E-state index contributed by atoms with van der Waals surface area (Å²) in [5.41, 5.74) is 5.51. The fraction of sp³-hybridized carbons (Fsp3) is 0.407. The Balaban J connectivity index is 1.32. The molecule has 1 N–H and O–H groups in total. The van der Waals surface area contributed by atoms with Crippen molar-refractivity contribution in [3.8, 4) is 5.75 Å². The van der Waals surface area contributed by atoms with Crippen LogP contribution in [0.4, 0.5) is 0 Å². The molecule has 2 fully saturated rings. The van der Waals surface area contributed by atoms with Gasteiger partial charge in [-0.25, -0.2) is 0 Å². The van der Waals surface area contributed by atoms with Crippen LogP contribution in [0.25, 0.3) is 6.08 Å². The van der Waals surface area contributed by atoms with Gasteiger partial charge in [-0.2, -0.15) is 10.2 Å². The molecule has 4 unspecified atom stereocenters. The Morgan fingerprint density at radius 1 is 1.03 bits per heavy atom. The molecule has 2 aromatic carbocycles. The number of hydrogen-bond acceptors (Lipinski definition) is 3. The van der Waals surface area contributed by atoms with Crippen LogP contribution in [0.2, 0.25) is 0 Å². The lowest BCUT2D eigenvalue weighted by Gasteiger charge is -2.49. The summed E-state index contributed by atoms with van der Waals surface area (Å²) in [5, 5.41) is 19.0. The largest absolute Gasteiger partial charge is 0.508 e. The Morgan fingerprint density at radius 3 is 2.77 bits per heavy atom. The van der Waals surface area contributed by atoms with Gasteiger partial charge in [-0.1, -0.05) is 49.4 Å². The summed E-state index contributed by atoms with van der Waals surface area (Å²) in [6, 6.07) is 16.3. The highest BCUT2D eigenvalue weighted by atomic mass is 16.3. The van der Waals surface area contributed by atoms with Crippen molar-refractivity contribution in [1.29, 1.82) is 0 Å². The average Bonchev–Trinajstić information content (AvgIpc) is 3.10. The zero-order valence-corrected chi connectivity index (χ0v) is 17.7. The van der Waals surface area contributed by atoms with Crippen LogP contribution in [0.3, 0.4) is 0 Å². The van der Waals surface area contributed by atoms with Crippen LogP contribution >= 0.6 is 0 Å². The second kappa shape index (κ2) is 7.86. The normalized spacial score (nSPS) is 31.8. The summed E-state index contributed by atoms with van der Waals surface area (Å²) in [7, 11) is 0. The summed E-state index contributed by atoms with van der Waals surface area (Å²) in [6.07, 6.45) is 12.9. The summed E-state index contributed by atoms with van der Waals surface area (Å²) < 4.78 is 0. The topological polar surface area (TPSA) is 45.0 Å². The number of phenols is 1.